The first-order valence-corrected chi connectivity index (χ1v) is 9.12. The SMILES string of the molecule is CN=C(NCCOCc1ccccc1)NC1CCN(CCOC)CC1. The highest BCUT2D eigenvalue weighted by Gasteiger charge is 2.19. The molecular formula is C19H32N4O2. The Hall–Kier alpha value is -1.63. The van der Waals surface area contributed by atoms with Gasteiger partial charge in [0.15, 0.2) is 5.96 Å². The predicted octanol–water partition coefficient (Wildman–Crippen LogP) is 1.48. The summed E-state index contributed by atoms with van der Waals surface area (Å²) in [5, 5.41) is 6.85. The van der Waals surface area contributed by atoms with Gasteiger partial charge in [-0.15, -0.1) is 0 Å². The van der Waals surface area contributed by atoms with E-state index in [4.69, 9.17) is 9.47 Å². The van der Waals surface area contributed by atoms with E-state index in [9.17, 15) is 0 Å². The van der Waals surface area contributed by atoms with Gasteiger partial charge < -0.3 is 25.0 Å². The third-order valence-corrected chi connectivity index (χ3v) is 4.41. The van der Waals surface area contributed by atoms with Gasteiger partial charge in [-0.1, -0.05) is 30.3 Å². The van der Waals surface area contributed by atoms with Crippen molar-refractivity contribution in [3.8, 4) is 0 Å². The highest BCUT2D eigenvalue weighted by molar-refractivity contribution is 5.79. The van der Waals surface area contributed by atoms with Gasteiger partial charge in [0.2, 0.25) is 0 Å². The van der Waals surface area contributed by atoms with Gasteiger partial charge in [-0.2, -0.15) is 0 Å². The summed E-state index contributed by atoms with van der Waals surface area (Å²) in [6.45, 7) is 6.11. The summed E-state index contributed by atoms with van der Waals surface area (Å²) >= 11 is 0. The predicted molar refractivity (Wildman–Crippen MR) is 102 cm³/mol. The molecule has 1 aliphatic heterocycles. The van der Waals surface area contributed by atoms with E-state index in [1.165, 1.54) is 5.56 Å². The molecule has 0 aliphatic carbocycles. The molecule has 1 heterocycles. The molecule has 25 heavy (non-hydrogen) atoms. The van der Waals surface area contributed by atoms with Gasteiger partial charge in [-0.05, 0) is 18.4 Å². The zero-order valence-electron chi connectivity index (χ0n) is 15.5. The second-order valence-corrected chi connectivity index (χ2v) is 6.29. The van der Waals surface area contributed by atoms with Crippen LogP contribution >= 0.6 is 0 Å². The van der Waals surface area contributed by atoms with Gasteiger partial charge in [0.25, 0.3) is 0 Å². The van der Waals surface area contributed by atoms with Crippen LogP contribution in [-0.4, -0.2) is 70.5 Å². The van der Waals surface area contributed by atoms with Gasteiger partial charge >= 0.3 is 0 Å². The van der Waals surface area contributed by atoms with Gasteiger partial charge in [0, 0.05) is 46.4 Å². The van der Waals surface area contributed by atoms with Crippen LogP contribution in [0.1, 0.15) is 18.4 Å². The van der Waals surface area contributed by atoms with Crippen molar-refractivity contribution in [3.63, 3.8) is 0 Å². The maximum atomic E-state index is 5.69. The molecule has 0 atom stereocenters. The van der Waals surface area contributed by atoms with E-state index in [0.29, 0.717) is 19.3 Å². The Morgan fingerprint density at radius 3 is 2.64 bits per heavy atom. The van der Waals surface area contributed by atoms with Gasteiger partial charge in [0.1, 0.15) is 0 Å². The molecule has 0 aromatic heterocycles. The van der Waals surface area contributed by atoms with Gasteiger partial charge in [0.05, 0.1) is 19.8 Å². The second-order valence-electron chi connectivity index (χ2n) is 6.29. The Morgan fingerprint density at radius 1 is 1.20 bits per heavy atom. The average Bonchev–Trinajstić information content (AvgIpc) is 2.67. The molecule has 1 fully saturated rings. The maximum absolute atomic E-state index is 5.69. The van der Waals surface area contributed by atoms with Crippen molar-refractivity contribution in [2.75, 3.05) is 53.6 Å². The number of ether oxygens (including phenoxy) is 2. The molecular weight excluding hydrogens is 316 g/mol. The van der Waals surface area contributed by atoms with Crippen LogP contribution in [0.2, 0.25) is 0 Å². The Bertz CT molecular complexity index is 487. The normalized spacial score (nSPS) is 16.8. The van der Waals surface area contributed by atoms with E-state index in [1.54, 1.807) is 7.11 Å². The molecule has 1 aromatic rings. The highest BCUT2D eigenvalue weighted by Crippen LogP contribution is 2.09. The molecule has 0 bridgehead atoms. The summed E-state index contributed by atoms with van der Waals surface area (Å²) in [6.07, 6.45) is 2.27. The summed E-state index contributed by atoms with van der Waals surface area (Å²) < 4.78 is 10.8. The molecule has 140 valence electrons. The smallest absolute Gasteiger partial charge is 0.191 e. The topological polar surface area (TPSA) is 58.1 Å². The lowest BCUT2D eigenvalue weighted by Crippen LogP contribution is -2.49. The average molecular weight is 348 g/mol. The molecule has 2 N–H and O–H groups in total. The van der Waals surface area contributed by atoms with Gasteiger partial charge in [-0.3, -0.25) is 4.99 Å². The summed E-state index contributed by atoms with van der Waals surface area (Å²) in [5.41, 5.74) is 1.20. The van der Waals surface area contributed by atoms with Gasteiger partial charge in [-0.25, -0.2) is 0 Å². The molecule has 6 heteroatoms. The number of nitrogens with zero attached hydrogens (tertiary/aromatic N) is 2. The summed E-state index contributed by atoms with van der Waals surface area (Å²) in [5.74, 6) is 0.860. The lowest BCUT2D eigenvalue weighted by Gasteiger charge is -2.32. The molecule has 0 radical (unpaired) electrons. The van der Waals surface area contributed by atoms with Crippen LogP contribution in [0.5, 0.6) is 0 Å². The number of hydrogen-bond acceptors (Lipinski definition) is 4. The Kier molecular flexibility index (Phi) is 9.33. The monoisotopic (exact) mass is 348 g/mol. The van der Waals surface area contributed by atoms with Crippen LogP contribution in [0.25, 0.3) is 0 Å². The van der Waals surface area contributed by atoms with Crippen LogP contribution in [0.15, 0.2) is 35.3 Å². The Labute approximate surface area is 151 Å². The largest absolute Gasteiger partial charge is 0.383 e. The molecule has 1 aliphatic rings. The Morgan fingerprint density at radius 2 is 1.96 bits per heavy atom. The quantitative estimate of drug-likeness (QED) is 0.402. The number of benzene rings is 1. The molecule has 0 spiro atoms. The molecule has 2 rings (SSSR count). The second kappa shape index (κ2) is 11.8. The van der Waals surface area contributed by atoms with Crippen LogP contribution in [0, 0.1) is 0 Å². The number of aliphatic imine (C=N–C) groups is 1. The third-order valence-electron chi connectivity index (χ3n) is 4.41. The number of hydrogen-bond donors (Lipinski definition) is 2. The molecule has 1 saturated heterocycles. The third kappa shape index (κ3) is 7.86. The fraction of sp³-hybridized carbons (Fsp3) is 0.632. The molecule has 1 aromatic carbocycles. The first-order valence-electron chi connectivity index (χ1n) is 9.12. The van der Waals surface area contributed by atoms with E-state index < -0.39 is 0 Å². The molecule has 6 nitrogen and oxygen atoms in total. The van der Waals surface area contributed by atoms with E-state index in [-0.39, 0.29) is 0 Å². The minimum atomic E-state index is 0.482. The maximum Gasteiger partial charge on any atom is 0.191 e. The van der Waals surface area contributed by atoms with Crippen molar-refractivity contribution < 1.29 is 9.47 Å². The zero-order valence-corrected chi connectivity index (χ0v) is 15.5. The van der Waals surface area contributed by atoms with E-state index in [0.717, 1.165) is 51.6 Å². The summed E-state index contributed by atoms with van der Waals surface area (Å²) in [4.78, 5) is 6.77. The lowest BCUT2D eigenvalue weighted by atomic mass is 10.1. The van der Waals surface area contributed by atoms with Crippen LogP contribution in [0.4, 0.5) is 0 Å². The molecule has 0 unspecified atom stereocenters. The first-order chi connectivity index (χ1) is 12.3. The van der Waals surface area contributed by atoms with Crippen LogP contribution < -0.4 is 10.6 Å². The molecule has 0 saturated carbocycles. The minimum Gasteiger partial charge on any atom is -0.383 e. The van der Waals surface area contributed by atoms with Crippen molar-refractivity contribution in [1.82, 2.24) is 15.5 Å². The summed E-state index contributed by atoms with van der Waals surface area (Å²) in [6, 6.07) is 10.7. The van der Waals surface area contributed by atoms with Crippen molar-refractivity contribution >= 4 is 5.96 Å². The molecule has 0 amide bonds. The number of methoxy groups -OCH3 is 1. The standard InChI is InChI=1S/C19H32N4O2/c1-20-19(21-10-14-25-16-17-6-4-3-5-7-17)22-18-8-11-23(12-9-18)13-15-24-2/h3-7,18H,8-16H2,1-2H3,(H2,20,21,22). The Balaban J connectivity index is 1.56. The lowest BCUT2D eigenvalue weighted by molar-refractivity contribution is 0.124. The van der Waals surface area contributed by atoms with Crippen molar-refractivity contribution in [3.05, 3.63) is 35.9 Å². The van der Waals surface area contributed by atoms with E-state index in [1.807, 2.05) is 25.2 Å². The summed E-state index contributed by atoms with van der Waals surface area (Å²) in [7, 11) is 3.57. The van der Waals surface area contributed by atoms with Crippen LogP contribution in [0.3, 0.4) is 0 Å². The number of rotatable bonds is 9. The van der Waals surface area contributed by atoms with E-state index >= 15 is 0 Å². The van der Waals surface area contributed by atoms with Crippen molar-refractivity contribution in [1.29, 1.82) is 0 Å². The highest BCUT2D eigenvalue weighted by atomic mass is 16.5. The van der Waals surface area contributed by atoms with E-state index in [2.05, 4.69) is 32.7 Å². The zero-order chi connectivity index (χ0) is 17.7. The fourth-order valence-electron chi connectivity index (χ4n) is 2.92. The number of piperidine rings is 1. The number of guanidine groups is 1. The number of nitrogens with one attached hydrogen (secondary N) is 2. The van der Waals surface area contributed by atoms with Crippen molar-refractivity contribution in [2.24, 2.45) is 4.99 Å². The van der Waals surface area contributed by atoms with Crippen molar-refractivity contribution in [2.45, 2.75) is 25.5 Å². The van der Waals surface area contributed by atoms with Crippen LogP contribution in [-0.2, 0) is 16.1 Å². The first kappa shape index (κ1) is 19.7. The minimum absolute atomic E-state index is 0.482. The number of likely N-dealkylation sites (tertiary alicyclic amines) is 1. The fourth-order valence-corrected chi connectivity index (χ4v) is 2.92.